The second-order valence-electron chi connectivity index (χ2n) is 6.27. The summed E-state index contributed by atoms with van der Waals surface area (Å²) in [5.41, 5.74) is 2.16. The summed E-state index contributed by atoms with van der Waals surface area (Å²) in [4.78, 5) is 1.79. The van der Waals surface area contributed by atoms with Crippen LogP contribution in [-0.4, -0.2) is 17.1 Å². The molecule has 0 radical (unpaired) electrons. The molecule has 1 N–H and O–H groups in total. The molecule has 0 saturated heterocycles. The number of thiocarbonyl (C=S) groups is 1. The number of methoxy groups -OCH3 is 1. The summed E-state index contributed by atoms with van der Waals surface area (Å²) < 4.78 is 25.2. The minimum Gasteiger partial charge on any atom is -0.495 e. The summed E-state index contributed by atoms with van der Waals surface area (Å²) in [5, 5.41) is 3.95. The molecule has 1 aromatic heterocycles. The van der Waals surface area contributed by atoms with Crippen LogP contribution in [-0.2, 0) is 13.1 Å². The Morgan fingerprint density at radius 2 is 2.04 bits per heavy atom. The van der Waals surface area contributed by atoms with Gasteiger partial charge in [0.1, 0.15) is 17.3 Å². The van der Waals surface area contributed by atoms with E-state index in [1.807, 2.05) is 31.2 Å². The Kier molecular flexibility index (Phi) is 6.54. The number of hydrogen-bond donors (Lipinski definition) is 1. The summed E-state index contributed by atoms with van der Waals surface area (Å²) in [5.74, 6) is 0.982. The average Bonchev–Trinajstić information content (AvgIpc) is 3.17. The number of anilines is 1. The van der Waals surface area contributed by atoms with Gasteiger partial charge in [-0.05, 0) is 61.1 Å². The third kappa shape index (κ3) is 4.82. The highest BCUT2D eigenvalue weighted by Gasteiger charge is 2.18. The lowest BCUT2D eigenvalue weighted by Gasteiger charge is -2.26. The fraction of sp³-hybridized carbons (Fsp3) is 0.190. The third-order valence-corrected chi connectivity index (χ3v) is 4.94. The highest BCUT2D eigenvalue weighted by molar-refractivity contribution is 7.80. The van der Waals surface area contributed by atoms with Crippen molar-refractivity contribution in [1.82, 2.24) is 4.90 Å². The molecular formula is C21H20ClFN2O2S. The molecule has 0 aliphatic carbocycles. The molecule has 7 heteroatoms. The van der Waals surface area contributed by atoms with Crippen molar-refractivity contribution in [3.05, 3.63) is 82.5 Å². The first-order valence-corrected chi connectivity index (χ1v) is 9.42. The van der Waals surface area contributed by atoms with Crippen LogP contribution in [0.4, 0.5) is 10.1 Å². The summed E-state index contributed by atoms with van der Waals surface area (Å²) >= 11 is 11.8. The molecule has 146 valence electrons. The van der Waals surface area contributed by atoms with Gasteiger partial charge in [-0.25, -0.2) is 4.39 Å². The standard InChI is InChI=1S/C21H20ClFN2O2S/c1-14-8-9-20(26-2)19(11-14)24-21(28)25(12-15-5-4-10-27-15)13-16-17(22)6-3-7-18(16)23/h3-11H,12-13H2,1-2H3,(H,24,28). The van der Waals surface area contributed by atoms with E-state index in [4.69, 9.17) is 33.0 Å². The van der Waals surface area contributed by atoms with Crippen molar-refractivity contribution in [2.24, 2.45) is 0 Å². The van der Waals surface area contributed by atoms with Crippen LogP contribution < -0.4 is 10.1 Å². The van der Waals surface area contributed by atoms with E-state index in [2.05, 4.69) is 5.32 Å². The molecule has 0 unspecified atom stereocenters. The maximum Gasteiger partial charge on any atom is 0.174 e. The van der Waals surface area contributed by atoms with E-state index in [1.165, 1.54) is 6.07 Å². The molecule has 0 spiro atoms. The molecule has 4 nitrogen and oxygen atoms in total. The van der Waals surface area contributed by atoms with Crippen molar-refractivity contribution in [2.45, 2.75) is 20.0 Å². The zero-order valence-corrected chi connectivity index (χ0v) is 17.1. The number of hydrogen-bond acceptors (Lipinski definition) is 3. The SMILES string of the molecule is COc1ccc(C)cc1NC(=S)N(Cc1ccco1)Cc1c(F)cccc1Cl. The van der Waals surface area contributed by atoms with Gasteiger partial charge in [-0.2, -0.15) is 0 Å². The van der Waals surface area contributed by atoms with Crippen LogP contribution in [0.3, 0.4) is 0 Å². The zero-order valence-electron chi connectivity index (χ0n) is 15.5. The molecule has 3 rings (SSSR count). The van der Waals surface area contributed by atoms with Gasteiger partial charge in [0.2, 0.25) is 0 Å². The maximum atomic E-state index is 14.3. The van der Waals surface area contributed by atoms with Crippen molar-refractivity contribution >= 4 is 34.6 Å². The molecule has 1 heterocycles. The molecule has 0 aliphatic heterocycles. The predicted octanol–water partition coefficient (Wildman–Crippen LogP) is 5.79. The van der Waals surface area contributed by atoms with Crippen molar-refractivity contribution in [2.75, 3.05) is 12.4 Å². The van der Waals surface area contributed by atoms with Gasteiger partial charge in [0.25, 0.3) is 0 Å². The Bertz CT molecular complexity index is 943. The van der Waals surface area contributed by atoms with Gasteiger partial charge in [0, 0.05) is 17.1 Å². The maximum absolute atomic E-state index is 14.3. The van der Waals surface area contributed by atoms with E-state index in [0.717, 1.165) is 11.3 Å². The van der Waals surface area contributed by atoms with E-state index < -0.39 is 0 Å². The Balaban J connectivity index is 1.88. The van der Waals surface area contributed by atoms with E-state index in [0.29, 0.717) is 33.8 Å². The van der Waals surface area contributed by atoms with Crippen molar-refractivity contribution < 1.29 is 13.5 Å². The Morgan fingerprint density at radius 1 is 1.21 bits per heavy atom. The number of rotatable bonds is 6. The van der Waals surface area contributed by atoms with E-state index in [1.54, 1.807) is 36.5 Å². The van der Waals surface area contributed by atoms with Crippen molar-refractivity contribution in [3.63, 3.8) is 0 Å². The number of ether oxygens (including phenoxy) is 1. The second kappa shape index (κ2) is 9.08. The van der Waals surface area contributed by atoms with Gasteiger partial charge in [0.05, 0.1) is 25.6 Å². The molecule has 0 bridgehead atoms. The minimum absolute atomic E-state index is 0.187. The third-order valence-electron chi connectivity index (χ3n) is 4.22. The molecule has 0 fully saturated rings. The van der Waals surface area contributed by atoms with Gasteiger partial charge in [-0.3, -0.25) is 0 Å². The van der Waals surface area contributed by atoms with Crippen LogP contribution >= 0.6 is 23.8 Å². The summed E-state index contributed by atoms with van der Waals surface area (Å²) in [6.07, 6.45) is 1.59. The predicted molar refractivity (Wildman–Crippen MR) is 113 cm³/mol. The van der Waals surface area contributed by atoms with Crippen LogP contribution in [0.1, 0.15) is 16.9 Å². The van der Waals surface area contributed by atoms with Crippen LogP contribution in [0, 0.1) is 12.7 Å². The monoisotopic (exact) mass is 418 g/mol. The van der Waals surface area contributed by atoms with Gasteiger partial charge < -0.3 is 19.4 Å². The lowest BCUT2D eigenvalue weighted by Crippen LogP contribution is -2.34. The topological polar surface area (TPSA) is 37.6 Å². The van der Waals surface area contributed by atoms with Crippen LogP contribution in [0.2, 0.25) is 5.02 Å². The van der Waals surface area contributed by atoms with Gasteiger partial charge in [-0.15, -0.1) is 0 Å². The molecule has 0 saturated carbocycles. The lowest BCUT2D eigenvalue weighted by molar-refractivity contribution is 0.355. The molecule has 0 atom stereocenters. The van der Waals surface area contributed by atoms with Gasteiger partial charge in [-0.1, -0.05) is 23.7 Å². The highest BCUT2D eigenvalue weighted by atomic mass is 35.5. The molecule has 0 amide bonds. The first kappa shape index (κ1) is 20.2. The fourth-order valence-corrected chi connectivity index (χ4v) is 3.24. The van der Waals surface area contributed by atoms with E-state index in [9.17, 15) is 4.39 Å². The molecular weight excluding hydrogens is 399 g/mol. The molecule has 28 heavy (non-hydrogen) atoms. The van der Waals surface area contributed by atoms with E-state index in [-0.39, 0.29) is 12.4 Å². The Hall–Kier alpha value is -2.57. The summed E-state index contributed by atoms with van der Waals surface area (Å²) in [7, 11) is 1.60. The van der Waals surface area contributed by atoms with E-state index >= 15 is 0 Å². The normalized spacial score (nSPS) is 10.6. The van der Waals surface area contributed by atoms with Gasteiger partial charge in [0.15, 0.2) is 5.11 Å². The highest BCUT2D eigenvalue weighted by Crippen LogP contribution is 2.27. The quantitative estimate of drug-likeness (QED) is 0.513. The van der Waals surface area contributed by atoms with Crippen molar-refractivity contribution in [3.8, 4) is 5.75 Å². The zero-order chi connectivity index (χ0) is 20.1. The number of nitrogens with zero attached hydrogens (tertiary/aromatic N) is 1. The Morgan fingerprint density at radius 3 is 2.71 bits per heavy atom. The molecule has 0 aliphatic rings. The number of aryl methyl sites for hydroxylation is 1. The van der Waals surface area contributed by atoms with Crippen LogP contribution in [0.15, 0.2) is 59.2 Å². The first-order valence-electron chi connectivity index (χ1n) is 8.63. The van der Waals surface area contributed by atoms with Crippen LogP contribution in [0.25, 0.3) is 0 Å². The molecule has 3 aromatic rings. The Labute approximate surface area is 173 Å². The largest absolute Gasteiger partial charge is 0.495 e. The smallest absolute Gasteiger partial charge is 0.174 e. The van der Waals surface area contributed by atoms with Crippen LogP contribution in [0.5, 0.6) is 5.75 Å². The molecule has 2 aromatic carbocycles. The minimum atomic E-state index is -0.382. The average molecular weight is 419 g/mol. The summed E-state index contributed by atoms with van der Waals surface area (Å²) in [6.45, 7) is 2.53. The lowest BCUT2D eigenvalue weighted by atomic mass is 10.2. The number of benzene rings is 2. The van der Waals surface area contributed by atoms with Crippen molar-refractivity contribution in [1.29, 1.82) is 0 Å². The number of furan rings is 1. The number of nitrogens with one attached hydrogen (secondary N) is 1. The first-order chi connectivity index (χ1) is 13.5. The second-order valence-corrected chi connectivity index (χ2v) is 7.06. The fourth-order valence-electron chi connectivity index (χ4n) is 2.78. The summed E-state index contributed by atoms with van der Waals surface area (Å²) in [6, 6.07) is 14.0. The van der Waals surface area contributed by atoms with Gasteiger partial charge >= 0.3 is 0 Å². The number of halogens is 2.